The molecular formula is C17H25NO2. The summed E-state index contributed by atoms with van der Waals surface area (Å²) in [5, 5.41) is 8.59. The highest BCUT2D eigenvalue weighted by Gasteiger charge is 2.07. The van der Waals surface area contributed by atoms with Gasteiger partial charge in [-0.2, -0.15) is 0 Å². The number of carbonyl (C=O) groups is 1. The maximum atomic E-state index is 10.5. The molecule has 0 radical (unpaired) electrons. The molecule has 0 aliphatic carbocycles. The first-order valence-corrected chi connectivity index (χ1v) is 7.27. The number of rotatable bonds is 8. The van der Waals surface area contributed by atoms with Gasteiger partial charge in [0.15, 0.2) is 0 Å². The Hall–Kier alpha value is -1.61. The van der Waals surface area contributed by atoms with Crippen molar-refractivity contribution in [2.24, 2.45) is 5.92 Å². The van der Waals surface area contributed by atoms with Crippen LogP contribution in [0, 0.1) is 5.92 Å². The van der Waals surface area contributed by atoms with Crippen LogP contribution >= 0.6 is 0 Å². The predicted molar refractivity (Wildman–Crippen MR) is 83.5 cm³/mol. The van der Waals surface area contributed by atoms with Crippen molar-refractivity contribution in [3.05, 3.63) is 41.5 Å². The van der Waals surface area contributed by atoms with Gasteiger partial charge in [0, 0.05) is 19.2 Å². The van der Waals surface area contributed by atoms with Crippen molar-refractivity contribution in [1.82, 2.24) is 4.90 Å². The summed E-state index contributed by atoms with van der Waals surface area (Å²) < 4.78 is 0. The number of hydrogen-bond donors (Lipinski definition) is 1. The zero-order valence-electron chi connectivity index (χ0n) is 12.7. The Labute approximate surface area is 121 Å². The van der Waals surface area contributed by atoms with E-state index in [9.17, 15) is 4.79 Å². The molecule has 0 heterocycles. The predicted octanol–water partition coefficient (Wildman–Crippen LogP) is 3.65. The van der Waals surface area contributed by atoms with E-state index in [1.165, 1.54) is 12.0 Å². The third-order valence-corrected chi connectivity index (χ3v) is 3.52. The number of carboxylic acids is 1. The van der Waals surface area contributed by atoms with Crippen LogP contribution in [0.3, 0.4) is 0 Å². The highest BCUT2D eigenvalue weighted by atomic mass is 16.4. The third-order valence-electron chi connectivity index (χ3n) is 3.52. The lowest BCUT2D eigenvalue weighted by atomic mass is 10.1. The lowest BCUT2D eigenvalue weighted by Crippen LogP contribution is -2.27. The Morgan fingerprint density at radius 2 is 1.95 bits per heavy atom. The quantitative estimate of drug-likeness (QED) is 0.736. The second kappa shape index (κ2) is 8.54. The SMILES string of the molecule is CCC(C)CN(CC)Cc1ccc(C=CC(=O)O)cc1. The van der Waals surface area contributed by atoms with Gasteiger partial charge in [-0.05, 0) is 29.7 Å². The molecule has 0 fully saturated rings. The number of nitrogens with zero attached hydrogens (tertiary/aromatic N) is 1. The summed E-state index contributed by atoms with van der Waals surface area (Å²) in [7, 11) is 0. The molecular weight excluding hydrogens is 250 g/mol. The van der Waals surface area contributed by atoms with Crippen LogP contribution in [0.1, 0.15) is 38.3 Å². The van der Waals surface area contributed by atoms with Gasteiger partial charge in [0.1, 0.15) is 0 Å². The van der Waals surface area contributed by atoms with E-state index in [-0.39, 0.29) is 0 Å². The van der Waals surface area contributed by atoms with Crippen molar-refractivity contribution < 1.29 is 9.90 Å². The van der Waals surface area contributed by atoms with E-state index in [1.807, 2.05) is 12.1 Å². The van der Waals surface area contributed by atoms with Gasteiger partial charge in [0.05, 0.1) is 0 Å². The molecule has 1 N–H and O–H groups in total. The minimum Gasteiger partial charge on any atom is -0.478 e. The fourth-order valence-corrected chi connectivity index (χ4v) is 2.04. The topological polar surface area (TPSA) is 40.5 Å². The molecule has 0 bridgehead atoms. The van der Waals surface area contributed by atoms with Crippen LogP contribution in [-0.4, -0.2) is 29.1 Å². The van der Waals surface area contributed by atoms with E-state index in [4.69, 9.17) is 5.11 Å². The highest BCUT2D eigenvalue weighted by Crippen LogP contribution is 2.11. The summed E-state index contributed by atoms with van der Waals surface area (Å²) in [6.07, 6.45) is 3.98. The maximum absolute atomic E-state index is 10.5. The molecule has 0 amide bonds. The molecule has 3 nitrogen and oxygen atoms in total. The summed E-state index contributed by atoms with van der Waals surface area (Å²) in [5.41, 5.74) is 2.18. The minimum atomic E-state index is -0.917. The molecule has 1 unspecified atom stereocenters. The molecule has 0 aromatic heterocycles. The van der Waals surface area contributed by atoms with E-state index >= 15 is 0 Å². The van der Waals surface area contributed by atoms with Crippen LogP contribution in [0.15, 0.2) is 30.3 Å². The number of hydrogen-bond acceptors (Lipinski definition) is 2. The number of carboxylic acid groups (broad SMARTS) is 1. The van der Waals surface area contributed by atoms with Gasteiger partial charge in [0.25, 0.3) is 0 Å². The zero-order chi connectivity index (χ0) is 15.0. The van der Waals surface area contributed by atoms with Crippen molar-refractivity contribution >= 4 is 12.0 Å². The fourth-order valence-electron chi connectivity index (χ4n) is 2.04. The van der Waals surface area contributed by atoms with Gasteiger partial charge < -0.3 is 5.11 Å². The zero-order valence-corrected chi connectivity index (χ0v) is 12.7. The van der Waals surface area contributed by atoms with Crippen LogP contribution in [0.4, 0.5) is 0 Å². The van der Waals surface area contributed by atoms with Crippen LogP contribution in [0.5, 0.6) is 0 Å². The second-order valence-electron chi connectivity index (χ2n) is 5.25. The summed E-state index contributed by atoms with van der Waals surface area (Å²) in [6, 6.07) is 8.07. The van der Waals surface area contributed by atoms with Crippen LogP contribution in [-0.2, 0) is 11.3 Å². The van der Waals surface area contributed by atoms with Gasteiger partial charge >= 0.3 is 5.97 Å². The van der Waals surface area contributed by atoms with Crippen molar-refractivity contribution in [3.8, 4) is 0 Å². The smallest absolute Gasteiger partial charge is 0.328 e. The summed E-state index contributed by atoms with van der Waals surface area (Å²) >= 11 is 0. The van der Waals surface area contributed by atoms with Gasteiger partial charge in [0.2, 0.25) is 0 Å². The summed E-state index contributed by atoms with van der Waals surface area (Å²) in [4.78, 5) is 12.9. The Morgan fingerprint density at radius 3 is 2.45 bits per heavy atom. The maximum Gasteiger partial charge on any atom is 0.328 e. The number of aliphatic carboxylic acids is 1. The van der Waals surface area contributed by atoms with E-state index in [2.05, 4.69) is 37.8 Å². The summed E-state index contributed by atoms with van der Waals surface area (Å²) in [5.74, 6) is -0.201. The molecule has 0 saturated heterocycles. The molecule has 3 heteroatoms. The Balaban J connectivity index is 2.61. The molecule has 0 aliphatic heterocycles. The molecule has 1 atom stereocenters. The molecule has 1 aromatic carbocycles. The van der Waals surface area contributed by atoms with E-state index in [0.29, 0.717) is 5.92 Å². The lowest BCUT2D eigenvalue weighted by molar-refractivity contribution is -0.131. The molecule has 1 rings (SSSR count). The van der Waals surface area contributed by atoms with Crippen molar-refractivity contribution in [2.45, 2.75) is 33.7 Å². The lowest BCUT2D eigenvalue weighted by Gasteiger charge is -2.23. The van der Waals surface area contributed by atoms with Crippen molar-refractivity contribution in [1.29, 1.82) is 0 Å². The molecule has 1 aromatic rings. The molecule has 20 heavy (non-hydrogen) atoms. The first kappa shape index (κ1) is 16.4. The van der Waals surface area contributed by atoms with Gasteiger partial charge in [-0.25, -0.2) is 4.79 Å². The second-order valence-corrected chi connectivity index (χ2v) is 5.25. The average Bonchev–Trinajstić information content (AvgIpc) is 2.45. The van der Waals surface area contributed by atoms with Crippen molar-refractivity contribution in [2.75, 3.05) is 13.1 Å². The minimum absolute atomic E-state index is 0.715. The molecule has 110 valence electrons. The molecule has 0 aliphatic rings. The van der Waals surface area contributed by atoms with Crippen LogP contribution in [0.2, 0.25) is 0 Å². The normalized spacial score (nSPS) is 13.0. The van der Waals surface area contributed by atoms with E-state index in [1.54, 1.807) is 6.08 Å². The van der Waals surface area contributed by atoms with E-state index < -0.39 is 5.97 Å². The van der Waals surface area contributed by atoms with Crippen LogP contribution in [0.25, 0.3) is 6.08 Å². The molecule has 0 spiro atoms. The van der Waals surface area contributed by atoms with Gasteiger partial charge in [-0.3, -0.25) is 4.90 Å². The third kappa shape index (κ3) is 6.02. The highest BCUT2D eigenvalue weighted by molar-refractivity contribution is 5.85. The Morgan fingerprint density at radius 1 is 1.30 bits per heavy atom. The van der Waals surface area contributed by atoms with E-state index in [0.717, 1.165) is 31.3 Å². The Kier molecular flexibility index (Phi) is 7.02. The first-order valence-electron chi connectivity index (χ1n) is 7.27. The molecule has 0 saturated carbocycles. The standard InChI is InChI=1S/C17H25NO2/c1-4-14(3)12-18(5-2)13-16-8-6-15(7-9-16)10-11-17(19)20/h6-11,14H,4-5,12-13H2,1-3H3,(H,19,20). The van der Waals surface area contributed by atoms with Crippen LogP contribution < -0.4 is 0 Å². The average molecular weight is 275 g/mol. The van der Waals surface area contributed by atoms with Gasteiger partial charge in [-0.15, -0.1) is 0 Å². The van der Waals surface area contributed by atoms with Gasteiger partial charge in [-0.1, -0.05) is 51.5 Å². The first-order chi connectivity index (χ1) is 9.55. The summed E-state index contributed by atoms with van der Waals surface area (Å²) in [6.45, 7) is 9.80. The largest absolute Gasteiger partial charge is 0.478 e. The van der Waals surface area contributed by atoms with Crippen molar-refractivity contribution in [3.63, 3.8) is 0 Å². The fraction of sp³-hybridized carbons (Fsp3) is 0.471. The Bertz CT molecular complexity index is 437. The number of benzene rings is 1. The monoisotopic (exact) mass is 275 g/mol.